The van der Waals surface area contributed by atoms with Gasteiger partial charge in [-0.15, -0.1) is 0 Å². The van der Waals surface area contributed by atoms with Crippen LogP contribution in [0.5, 0.6) is 0 Å². The van der Waals surface area contributed by atoms with Crippen molar-refractivity contribution in [1.29, 1.82) is 0 Å². The Labute approximate surface area is 373 Å². The summed E-state index contributed by atoms with van der Waals surface area (Å²) in [5.41, 5.74) is 0. The number of rotatable bonds is 49. The number of allylic oxidation sites excluding steroid dienone is 2. The standard InChI is InChI=1S/C54H102O6/c1-4-7-10-13-16-19-22-25-28-31-34-37-40-43-46-52(55)58-49-51(60-54(57)48-45-42-39-36-33-30-27-24-21-18-15-12-9-6-3)50-59-53(56)47-44-41-38-35-32-29-26-23-20-17-14-11-8-5-2/h24,27,51H,4-23,25-26,28-50H2,1-3H3/b27-24+. The first kappa shape index (κ1) is 58.1. The second kappa shape index (κ2) is 49.8. The van der Waals surface area contributed by atoms with Gasteiger partial charge >= 0.3 is 17.9 Å². The molecule has 60 heavy (non-hydrogen) atoms. The third kappa shape index (κ3) is 47.2. The average Bonchev–Trinajstić information content (AvgIpc) is 3.24. The Morgan fingerprint density at radius 1 is 0.317 bits per heavy atom. The molecule has 0 fully saturated rings. The molecule has 0 aliphatic carbocycles. The Morgan fingerprint density at radius 2 is 0.550 bits per heavy atom. The van der Waals surface area contributed by atoms with E-state index < -0.39 is 6.10 Å². The summed E-state index contributed by atoms with van der Waals surface area (Å²) in [6, 6.07) is 0. The van der Waals surface area contributed by atoms with E-state index in [1.165, 1.54) is 193 Å². The number of unbranched alkanes of at least 4 members (excludes halogenated alkanes) is 36. The molecule has 0 aromatic carbocycles. The molecule has 6 heteroatoms. The Kier molecular flexibility index (Phi) is 48.3. The molecule has 0 bridgehead atoms. The number of esters is 3. The van der Waals surface area contributed by atoms with Gasteiger partial charge in [0.25, 0.3) is 0 Å². The van der Waals surface area contributed by atoms with Gasteiger partial charge in [-0.25, -0.2) is 0 Å². The summed E-state index contributed by atoms with van der Waals surface area (Å²) in [4.78, 5) is 38.0. The molecule has 6 nitrogen and oxygen atoms in total. The molecule has 0 aliphatic heterocycles. The SMILES string of the molecule is CCCCCCC/C=C/CCCCCCCC(=O)OC(COC(=O)CCCCCCCCCCCCCCCC)COC(=O)CCCCCCCCCCCCCCCC. The van der Waals surface area contributed by atoms with E-state index in [0.29, 0.717) is 19.3 Å². The van der Waals surface area contributed by atoms with Crippen LogP contribution in [0.25, 0.3) is 0 Å². The number of carbonyl (C=O) groups excluding carboxylic acids is 3. The fourth-order valence-corrected chi connectivity index (χ4v) is 7.97. The lowest BCUT2D eigenvalue weighted by molar-refractivity contribution is -0.167. The zero-order valence-corrected chi connectivity index (χ0v) is 40.5. The molecule has 0 aromatic rings. The fourth-order valence-electron chi connectivity index (χ4n) is 7.97. The molecular weight excluding hydrogens is 745 g/mol. The van der Waals surface area contributed by atoms with Crippen LogP contribution < -0.4 is 0 Å². The molecule has 0 unspecified atom stereocenters. The first-order chi connectivity index (χ1) is 29.5. The first-order valence-corrected chi connectivity index (χ1v) is 26.7. The highest BCUT2D eigenvalue weighted by Crippen LogP contribution is 2.16. The van der Waals surface area contributed by atoms with E-state index in [9.17, 15) is 14.4 Å². The smallest absolute Gasteiger partial charge is 0.306 e. The Bertz CT molecular complexity index is 883. The van der Waals surface area contributed by atoms with E-state index in [1.54, 1.807) is 0 Å². The average molecular weight is 847 g/mol. The maximum Gasteiger partial charge on any atom is 0.306 e. The quantitative estimate of drug-likeness (QED) is 0.0263. The van der Waals surface area contributed by atoms with Crippen molar-refractivity contribution in [3.05, 3.63) is 12.2 Å². The summed E-state index contributed by atoms with van der Waals surface area (Å²) >= 11 is 0. The Morgan fingerprint density at radius 3 is 0.833 bits per heavy atom. The van der Waals surface area contributed by atoms with Gasteiger partial charge in [0.1, 0.15) is 13.2 Å². The number of hydrogen-bond acceptors (Lipinski definition) is 6. The van der Waals surface area contributed by atoms with Crippen LogP contribution in [-0.2, 0) is 28.6 Å². The van der Waals surface area contributed by atoms with Crippen LogP contribution in [0.2, 0.25) is 0 Å². The van der Waals surface area contributed by atoms with Gasteiger partial charge < -0.3 is 14.2 Å². The number of ether oxygens (including phenoxy) is 3. The second-order valence-corrected chi connectivity index (χ2v) is 18.2. The zero-order chi connectivity index (χ0) is 43.7. The molecule has 0 aromatic heterocycles. The molecule has 0 rings (SSSR count). The first-order valence-electron chi connectivity index (χ1n) is 26.7. The molecule has 0 saturated heterocycles. The lowest BCUT2D eigenvalue weighted by Gasteiger charge is -2.18. The summed E-state index contributed by atoms with van der Waals surface area (Å²) in [7, 11) is 0. The van der Waals surface area contributed by atoms with Crippen molar-refractivity contribution in [1.82, 2.24) is 0 Å². The van der Waals surface area contributed by atoms with Gasteiger partial charge in [0.15, 0.2) is 6.10 Å². The van der Waals surface area contributed by atoms with Crippen LogP contribution in [0.3, 0.4) is 0 Å². The summed E-state index contributed by atoms with van der Waals surface area (Å²) in [6.45, 7) is 6.66. The predicted molar refractivity (Wildman–Crippen MR) is 256 cm³/mol. The van der Waals surface area contributed by atoms with Gasteiger partial charge in [0.2, 0.25) is 0 Å². The minimum absolute atomic E-state index is 0.0679. The molecular formula is C54H102O6. The van der Waals surface area contributed by atoms with Crippen molar-refractivity contribution in [2.45, 2.75) is 303 Å². The van der Waals surface area contributed by atoms with Crippen molar-refractivity contribution >= 4 is 17.9 Å². The summed E-state index contributed by atoms with van der Waals surface area (Å²) < 4.78 is 16.8. The van der Waals surface area contributed by atoms with Gasteiger partial charge in [-0.2, -0.15) is 0 Å². The van der Waals surface area contributed by atoms with Crippen molar-refractivity contribution < 1.29 is 28.6 Å². The van der Waals surface area contributed by atoms with Gasteiger partial charge in [-0.3, -0.25) is 14.4 Å². The van der Waals surface area contributed by atoms with E-state index in [0.717, 1.165) is 64.2 Å². The third-order valence-electron chi connectivity index (χ3n) is 12.0. The molecule has 354 valence electrons. The van der Waals surface area contributed by atoms with Crippen LogP contribution in [0.15, 0.2) is 12.2 Å². The molecule has 0 N–H and O–H groups in total. The molecule has 0 heterocycles. The Hall–Kier alpha value is -1.85. The summed E-state index contributed by atoms with van der Waals surface area (Å²) in [5, 5.41) is 0. The van der Waals surface area contributed by atoms with Gasteiger partial charge in [-0.05, 0) is 44.9 Å². The van der Waals surface area contributed by atoms with Crippen molar-refractivity contribution in [2.75, 3.05) is 13.2 Å². The highest BCUT2D eigenvalue weighted by Gasteiger charge is 2.19. The molecule has 0 spiro atoms. The highest BCUT2D eigenvalue weighted by atomic mass is 16.6. The van der Waals surface area contributed by atoms with E-state index in [4.69, 9.17) is 14.2 Å². The summed E-state index contributed by atoms with van der Waals surface area (Å²) in [5.74, 6) is -0.857. The highest BCUT2D eigenvalue weighted by molar-refractivity contribution is 5.71. The van der Waals surface area contributed by atoms with E-state index in [-0.39, 0.29) is 31.1 Å². The molecule has 0 atom stereocenters. The van der Waals surface area contributed by atoms with Gasteiger partial charge in [-0.1, -0.05) is 245 Å². The number of carbonyl (C=O) groups is 3. The van der Waals surface area contributed by atoms with Gasteiger partial charge in [0, 0.05) is 19.3 Å². The third-order valence-corrected chi connectivity index (χ3v) is 12.0. The van der Waals surface area contributed by atoms with Crippen LogP contribution in [0.4, 0.5) is 0 Å². The van der Waals surface area contributed by atoms with Crippen molar-refractivity contribution in [3.63, 3.8) is 0 Å². The maximum atomic E-state index is 12.8. The minimum atomic E-state index is -0.767. The van der Waals surface area contributed by atoms with E-state index in [2.05, 4.69) is 32.9 Å². The predicted octanol–water partition coefficient (Wildman–Crippen LogP) is 17.4. The minimum Gasteiger partial charge on any atom is -0.462 e. The van der Waals surface area contributed by atoms with Crippen LogP contribution in [0.1, 0.15) is 297 Å². The topological polar surface area (TPSA) is 78.9 Å². The summed E-state index contributed by atoms with van der Waals surface area (Å²) in [6.07, 6.45) is 54.7. The van der Waals surface area contributed by atoms with Crippen LogP contribution in [-0.4, -0.2) is 37.2 Å². The molecule has 0 radical (unpaired) electrons. The fraction of sp³-hybridized carbons (Fsp3) is 0.907. The van der Waals surface area contributed by atoms with Crippen LogP contribution >= 0.6 is 0 Å². The van der Waals surface area contributed by atoms with Crippen LogP contribution in [0, 0.1) is 0 Å². The van der Waals surface area contributed by atoms with Gasteiger partial charge in [0.05, 0.1) is 0 Å². The lowest BCUT2D eigenvalue weighted by atomic mass is 10.0. The van der Waals surface area contributed by atoms with E-state index >= 15 is 0 Å². The second-order valence-electron chi connectivity index (χ2n) is 18.2. The van der Waals surface area contributed by atoms with Crippen molar-refractivity contribution in [3.8, 4) is 0 Å². The van der Waals surface area contributed by atoms with Crippen molar-refractivity contribution in [2.24, 2.45) is 0 Å². The number of hydrogen-bond donors (Lipinski definition) is 0. The zero-order valence-electron chi connectivity index (χ0n) is 40.5. The maximum absolute atomic E-state index is 12.8. The normalized spacial score (nSPS) is 11.5. The molecule has 0 amide bonds. The Balaban J connectivity index is 4.33. The lowest BCUT2D eigenvalue weighted by Crippen LogP contribution is -2.30. The molecule has 0 saturated carbocycles. The monoisotopic (exact) mass is 847 g/mol. The molecule has 0 aliphatic rings. The van der Waals surface area contributed by atoms with E-state index in [1.807, 2.05) is 0 Å². The largest absolute Gasteiger partial charge is 0.462 e.